The van der Waals surface area contributed by atoms with Crippen LogP contribution in [-0.2, 0) is 11.2 Å². The molecule has 3 rings (SSSR count). The van der Waals surface area contributed by atoms with E-state index in [-0.39, 0.29) is 12.5 Å². The molecule has 146 valence electrons. The first-order valence-corrected chi connectivity index (χ1v) is 9.66. The third-order valence-corrected chi connectivity index (χ3v) is 4.69. The molecule has 0 unspecified atom stereocenters. The lowest BCUT2D eigenvalue weighted by molar-refractivity contribution is -0.121. The number of nitrogens with one attached hydrogen (secondary N) is 1. The summed E-state index contributed by atoms with van der Waals surface area (Å²) in [4.78, 5) is 30.2. The van der Waals surface area contributed by atoms with Gasteiger partial charge in [0.1, 0.15) is 11.5 Å². The molecular weight excluding hydrogens is 352 g/mol. The molecule has 1 N–H and O–H groups in total. The molecule has 28 heavy (non-hydrogen) atoms. The van der Waals surface area contributed by atoms with Crippen LogP contribution in [0.15, 0.2) is 30.5 Å². The molecule has 7 nitrogen and oxygen atoms in total. The summed E-state index contributed by atoms with van der Waals surface area (Å²) in [6.45, 7) is 6.11. The van der Waals surface area contributed by atoms with Gasteiger partial charge in [-0.05, 0) is 25.0 Å². The predicted molar refractivity (Wildman–Crippen MR) is 110 cm³/mol. The number of nitrogens with zero attached hydrogens (tertiary/aromatic N) is 5. The van der Waals surface area contributed by atoms with Gasteiger partial charge in [-0.15, -0.1) is 6.42 Å². The first-order chi connectivity index (χ1) is 13.7. The van der Waals surface area contributed by atoms with Crippen molar-refractivity contribution in [1.29, 1.82) is 0 Å². The number of aromatic nitrogens is 3. The molecule has 7 heteroatoms. The quantitative estimate of drug-likeness (QED) is 0.765. The number of aryl methyl sites for hydroxylation is 1. The van der Waals surface area contributed by atoms with Gasteiger partial charge in [0, 0.05) is 44.1 Å². The van der Waals surface area contributed by atoms with Crippen molar-refractivity contribution in [3.8, 4) is 23.9 Å². The average molecular weight is 378 g/mol. The minimum atomic E-state index is -0.0286. The molecule has 3 heterocycles. The van der Waals surface area contributed by atoms with E-state index in [0.29, 0.717) is 12.4 Å². The topological polar surface area (TPSA) is 74.2 Å². The molecule has 0 bridgehead atoms. The molecule has 0 spiro atoms. The van der Waals surface area contributed by atoms with Crippen molar-refractivity contribution in [3.63, 3.8) is 0 Å². The van der Waals surface area contributed by atoms with Gasteiger partial charge in [0.05, 0.1) is 13.1 Å². The summed E-state index contributed by atoms with van der Waals surface area (Å²) in [5.41, 5.74) is 1.78. The molecule has 0 saturated carbocycles. The maximum atomic E-state index is 11.9. The number of anilines is 1. The van der Waals surface area contributed by atoms with E-state index in [1.165, 1.54) is 0 Å². The van der Waals surface area contributed by atoms with Gasteiger partial charge in [-0.2, -0.15) is 0 Å². The van der Waals surface area contributed by atoms with E-state index in [4.69, 9.17) is 11.4 Å². The van der Waals surface area contributed by atoms with E-state index < -0.39 is 0 Å². The van der Waals surface area contributed by atoms with Crippen LogP contribution in [0.2, 0.25) is 0 Å². The Kier molecular flexibility index (Phi) is 6.93. The SMILES string of the molecule is C#CCNC(=O)CN1CCCN(c2cc(CC)nc(-c3ccccn3)n2)CC1. The van der Waals surface area contributed by atoms with Gasteiger partial charge in [-0.25, -0.2) is 9.97 Å². The van der Waals surface area contributed by atoms with E-state index in [1.807, 2.05) is 18.2 Å². The van der Waals surface area contributed by atoms with Crippen LogP contribution in [0.4, 0.5) is 5.82 Å². The molecule has 0 atom stereocenters. The van der Waals surface area contributed by atoms with Crippen LogP contribution in [0.5, 0.6) is 0 Å². The Morgan fingerprint density at radius 1 is 1.25 bits per heavy atom. The molecule has 0 aliphatic carbocycles. The highest BCUT2D eigenvalue weighted by atomic mass is 16.2. The number of pyridine rings is 1. The number of rotatable bonds is 6. The summed E-state index contributed by atoms with van der Waals surface area (Å²) in [7, 11) is 0. The summed E-state index contributed by atoms with van der Waals surface area (Å²) in [5.74, 6) is 3.98. The van der Waals surface area contributed by atoms with Gasteiger partial charge < -0.3 is 10.2 Å². The number of carbonyl (C=O) groups is 1. The highest BCUT2D eigenvalue weighted by Crippen LogP contribution is 2.20. The predicted octanol–water partition coefficient (Wildman–Crippen LogP) is 1.36. The first kappa shape index (κ1) is 19.8. The molecule has 2 aromatic rings. The zero-order chi connectivity index (χ0) is 19.8. The highest BCUT2D eigenvalue weighted by molar-refractivity contribution is 5.78. The molecule has 1 saturated heterocycles. The minimum absolute atomic E-state index is 0.0286. The Hall–Kier alpha value is -2.98. The third kappa shape index (κ3) is 5.27. The number of terminal acetylenes is 1. The van der Waals surface area contributed by atoms with Crippen molar-refractivity contribution >= 4 is 11.7 Å². The lowest BCUT2D eigenvalue weighted by Gasteiger charge is -2.23. The molecule has 0 aromatic carbocycles. The van der Waals surface area contributed by atoms with Gasteiger partial charge >= 0.3 is 0 Å². The van der Waals surface area contributed by atoms with Gasteiger partial charge in [-0.1, -0.05) is 18.9 Å². The Labute approximate surface area is 166 Å². The second-order valence-electron chi connectivity index (χ2n) is 6.71. The maximum Gasteiger partial charge on any atom is 0.234 e. The summed E-state index contributed by atoms with van der Waals surface area (Å²) in [6.07, 6.45) is 8.75. The number of carbonyl (C=O) groups excluding carboxylic acids is 1. The zero-order valence-electron chi connectivity index (χ0n) is 16.3. The van der Waals surface area contributed by atoms with E-state index in [9.17, 15) is 4.79 Å². The summed E-state index contributed by atoms with van der Waals surface area (Å²) < 4.78 is 0. The Balaban J connectivity index is 1.71. The molecule has 0 radical (unpaired) electrons. The zero-order valence-corrected chi connectivity index (χ0v) is 16.3. The van der Waals surface area contributed by atoms with Gasteiger partial charge in [-0.3, -0.25) is 14.7 Å². The molecule has 1 fully saturated rings. The fraction of sp³-hybridized carbons (Fsp3) is 0.429. The normalized spacial score (nSPS) is 14.9. The van der Waals surface area contributed by atoms with Gasteiger partial charge in [0.15, 0.2) is 5.82 Å². The van der Waals surface area contributed by atoms with Crippen molar-refractivity contribution in [3.05, 3.63) is 36.2 Å². The largest absolute Gasteiger partial charge is 0.355 e. The van der Waals surface area contributed by atoms with Crippen molar-refractivity contribution < 1.29 is 4.79 Å². The van der Waals surface area contributed by atoms with Crippen LogP contribution in [0.3, 0.4) is 0 Å². The molecule has 1 amide bonds. The van der Waals surface area contributed by atoms with Gasteiger partial charge in [0.25, 0.3) is 0 Å². The van der Waals surface area contributed by atoms with E-state index >= 15 is 0 Å². The monoisotopic (exact) mass is 378 g/mol. The van der Waals surface area contributed by atoms with Crippen LogP contribution >= 0.6 is 0 Å². The van der Waals surface area contributed by atoms with Gasteiger partial charge in [0.2, 0.25) is 5.91 Å². The Morgan fingerprint density at radius 3 is 2.89 bits per heavy atom. The summed E-state index contributed by atoms with van der Waals surface area (Å²) >= 11 is 0. The smallest absolute Gasteiger partial charge is 0.234 e. The molecule has 2 aromatic heterocycles. The number of amides is 1. The van der Waals surface area contributed by atoms with Crippen LogP contribution in [0.25, 0.3) is 11.5 Å². The summed E-state index contributed by atoms with van der Waals surface area (Å²) in [6, 6.07) is 7.81. The second kappa shape index (κ2) is 9.81. The van der Waals surface area contributed by atoms with Crippen molar-refractivity contribution in [2.45, 2.75) is 19.8 Å². The second-order valence-corrected chi connectivity index (χ2v) is 6.71. The lowest BCUT2D eigenvalue weighted by Crippen LogP contribution is -2.39. The standard InChI is InChI=1S/C21H26N6O/c1-3-9-23-20(28)16-26-11-7-12-27(14-13-26)19-15-17(4-2)24-21(25-19)18-8-5-6-10-22-18/h1,5-6,8,10,15H,4,7,9,11-14,16H2,2H3,(H,23,28). The van der Waals surface area contributed by atoms with Crippen LogP contribution < -0.4 is 10.2 Å². The molecule has 1 aliphatic rings. The first-order valence-electron chi connectivity index (χ1n) is 9.66. The van der Waals surface area contributed by atoms with E-state index in [1.54, 1.807) is 6.20 Å². The molecule has 1 aliphatic heterocycles. The Bertz CT molecular complexity index is 833. The van der Waals surface area contributed by atoms with Crippen molar-refractivity contribution in [2.24, 2.45) is 0 Å². The fourth-order valence-electron chi connectivity index (χ4n) is 3.20. The van der Waals surface area contributed by atoms with Crippen molar-refractivity contribution in [1.82, 2.24) is 25.2 Å². The van der Waals surface area contributed by atoms with Crippen LogP contribution in [0, 0.1) is 12.3 Å². The highest BCUT2D eigenvalue weighted by Gasteiger charge is 2.19. The van der Waals surface area contributed by atoms with E-state index in [2.05, 4.69) is 44.0 Å². The fourth-order valence-corrected chi connectivity index (χ4v) is 3.20. The third-order valence-electron chi connectivity index (χ3n) is 4.69. The van der Waals surface area contributed by atoms with Crippen LogP contribution in [0.1, 0.15) is 19.0 Å². The Morgan fingerprint density at radius 2 is 2.14 bits per heavy atom. The maximum absolute atomic E-state index is 11.9. The van der Waals surface area contributed by atoms with E-state index in [0.717, 1.165) is 56.2 Å². The average Bonchev–Trinajstić information content (AvgIpc) is 2.98. The minimum Gasteiger partial charge on any atom is -0.355 e. The van der Waals surface area contributed by atoms with Crippen LogP contribution in [-0.4, -0.2) is 65.0 Å². The summed E-state index contributed by atoms with van der Waals surface area (Å²) in [5, 5.41) is 2.73. The van der Waals surface area contributed by atoms with Crippen molar-refractivity contribution in [2.75, 3.05) is 44.2 Å². The number of hydrogen-bond acceptors (Lipinski definition) is 6. The number of hydrogen-bond donors (Lipinski definition) is 1. The molecular formula is C21H26N6O. The lowest BCUT2D eigenvalue weighted by atomic mass is 10.2.